The van der Waals surface area contributed by atoms with Gasteiger partial charge in [-0.1, -0.05) is 48.5 Å². The van der Waals surface area contributed by atoms with Crippen LogP contribution >= 0.6 is 0 Å². The molecule has 1 fully saturated rings. The number of hydrogen-bond acceptors (Lipinski definition) is 3. The van der Waals surface area contributed by atoms with Crippen molar-refractivity contribution in [2.75, 3.05) is 13.1 Å². The molecule has 2 amide bonds. The van der Waals surface area contributed by atoms with E-state index in [-0.39, 0.29) is 24.2 Å². The van der Waals surface area contributed by atoms with Crippen molar-refractivity contribution in [1.82, 2.24) is 10.2 Å². The molecule has 29 heavy (non-hydrogen) atoms. The first kappa shape index (κ1) is 20.6. The Bertz CT molecular complexity index is 830. The molecule has 1 heterocycles. The molecule has 0 saturated carbocycles. The molecule has 6 nitrogen and oxygen atoms in total. The maximum atomic E-state index is 13.2. The molecule has 0 aromatic heterocycles. The van der Waals surface area contributed by atoms with Crippen LogP contribution in [-0.2, 0) is 16.0 Å². The Balaban J connectivity index is 1.69. The highest BCUT2D eigenvalue weighted by Crippen LogP contribution is 2.21. The summed E-state index contributed by atoms with van der Waals surface area (Å²) in [6.07, 6.45) is 1.89. The normalized spacial score (nSPS) is 15.5. The molecule has 2 aromatic rings. The molecule has 0 spiro atoms. The van der Waals surface area contributed by atoms with E-state index >= 15 is 0 Å². The Morgan fingerprint density at radius 2 is 1.55 bits per heavy atom. The molecule has 1 aliphatic heterocycles. The van der Waals surface area contributed by atoms with Gasteiger partial charge in [-0.15, -0.1) is 0 Å². The number of carbonyl (C=O) groups excluding carboxylic acids is 2. The van der Waals surface area contributed by atoms with Crippen LogP contribution in [0.2, 0.25) is 0 Å². The van der Waals surface area contributed by atoms with Gasteiger partial charge in [0.05, 0.1) is 0 Å². The SMILES string of the molecule is O=C(O)CC1CCN(C(=O)C(Cc2ccccc2)NC(=O)c2ccccc2)CC1. The zero-order valence-corrected chi connectivity index (χ0v) is 16.3. The number of benzene rings is 2. The lowest BCUT2D eigenvalue weighted by molar-refractivity contribution is -0.139. The largest absolute Gasteiger partial charge is 0.481 e. The van der Waals surface area contributed by atoms with Gasteiger partial charge in [-0.3, -0.25) is 14.4 Å². The average Bonchev–Trinajstić information content (AvgIpc) is 2.74. The maximum Gasteiger partial charge on any atom is 0.303 e. The summed E-state index contributed by atoms with van der Waals surface area (Å²) < 4.78 is 0. The summed E-state index contributed by atoms with van der Waals surface area (Å²) in [6.45, 7) is 1.03. The minimum atomic E-state index is -0.799. The first-order valence-electron chi connectivity index (χ1n) is 9.93. The van der Waals surface area contributed by atoms with Crippen LogP contribution in [0.25, 0.3) is 0 Å². The number of nitrogens with one attached hydrogen (secondary N) is 1. The number of carboxylic acid groups (broad SMARTS) is 1. The van der Waals surface area contributed by atoms with Crippen LogP contribution in [-0.4, -0.2) is 46.9 Å². The molecule has 2 aromatic carbocycles. The molecular weight excluding hydrogens is 368 g/mol. The number of aliphatic carboxylic acids is 1. The highest BCUT2D eigenvalue weighted by Gasteiger charge is 2.30. The summed E-state index contributed by atoms with van der Waals surface area (Å²) >= 11 is 0. The zero-order valence-electron chi connectivity index (χ0n) is 16.3. The molecule has 152 valence electrons. The van der Waals surface area contributed by atoms with Crippen molar-refractivity contribution in [1.29, 1.82) is 0 Å². The third-order valence-electron chi connectivity index (χ3n) is 5.31. The predicted molar refractivity (Wildman–Crippen MR) is 109 cm³/mol. The molecule has 3 rings (SSSR count). The number of likely N-dealkylation sites (tertiary alicyclic amines) is 1. The Hall–Kier alpha value is -3.15. The number of nitrogens with zero attached hydrogens (tertiary/aromatic N) is 1. The number of rotatable bonds is 7. The number of hydrogen-bond donors (Lipinski definition) is 2. The highest BCUT2D eigenvalue weighted by molar-refractivity contribution is 5.97. The minimum absolute atomic E-state index is 0.100. The highest BCUT2D eigenvalue weighted by atomic mass is 16.4. The summed E-state index contributed by atoms with van der Waals surface area (Å²) in [5.74, 6) is -1.09. The van der Waals surface area contributed by atoms with E-state index in [2.05, 4.69) is 5.32 Å². The quantitative estimate of drug-likeness (QED) is 0.756. The van der Waals surface area contributed by atoms with Crippen molar-refractivity contribution in [3.63, 3.8) is 0 Å². The van der Waals surface area contributed by atoms with E-state index in [4.69, 9.17) is 5.11 Å². The monoisotopic (exact) mass is 394 g/mol. The van der Waals surface area contributed by atoms with E-state index in [9.17, 15) is 14.4 Å². The van der Waals surface area contributed by atoms with Gasteiger partial charge < -0.3 is 15.3 Å². The Morgan fingerprint density at radius 1 is 0.966 bits per heavy atom. The van der Waals surface area contributed by atoms with Gasteiger partial charge >= 0.3 is 5.97 Å². The molecule has 1 unspecified atom stereocenters. The molecule has 6 heteroatoms. The Morgan fingerprint density at radius 3 is 2.14 bits per heavy atom. The number of piperidine rings is 1. The van der Waals surface area contributed by atoms with Crippen molar-refractivity contribution < 1.29 is 19.5 Å². The van der Waals surface area contributed by atoms with Crippen LogP contribution in [0.4, 0.5) is 0 Å². The number of carbonyl (C=O) groups is 3. The molecule has 0 bridgehead atoms. The van der Waals surface area contributed by atoms with Gasteiger partial charge in [0.2, 0.25) is 5.91 Å². The van der Waals surface area contributed by atoms with E-state index in [0.717, 1.165) is 5.56 Å². The summed E-state index contributed by atoms with van der Waals surface area (Å²) in [7, 11) is 0. The lowest BCUT2D eigenvalue weighted by Gasteiger charge is -2.34. The molecular formula is C23H26N2O4. The minimum Gasteiger partial charge on any atom is -0.481 e. The van der Waals surface area contributed by atoms with Crippen molar-refractivity contribution in [2.24, 2.45) is 5.92 Å². The van der Waals surface area contributed by atoms with Crippen LogP contribution in [0.1, 0.15) is 35.2 Å². The maximum absolute atomic E-state index is 13.2. The lowest BCUT2D eigenvalue weighted by Crippen LogP contribution is -2.51. The predicted octanol–water partition coefficient (Wildman–Crippen LogP) is 2.74. The van der Waals surface area contributed by atoms with Gasteiger partial charge in [0.25, 0.3) is 5.91 Å². The van der Waals surface area contributed by atoms with Crippen molar-refractivity contribution >= 4 is 17.8 Å². The van der Waals surface area contributed by atoms with E-state index < -0.39 is 12.0 Å². The van der Waals surface area contributed by atoms with Crippen LogP contribution in [0.5, 0.6) is 0 Å². The first-order valence-corrected chi connectivity index (χ1v) is 9.93. The van der Waals surface area contributed by atoms with Crippen LogP contribution in [0.15, 0.2) is 60.7 Å². The van der Waals surface area contributed by atoms with Crippen molar-refractivity contribution in [2.45, 2.75) is 31.7 Å². The fourth-order valence-electron chi connectivity index (χ4n) is 3.71. The molecule has 1 aliphatic rings. The van der Waals surface area contributed by atoms with Gasteiger partial charge in [-0.25, -0.2) is 0 Å². The smallest absolute Gasteiger partial charge is 0.303 e. The topological polar surface area (TPSA) is 86.7 Å². The molecule has 1 atom stereocenters. The summed E-state index contributed by atoms with van der Waals surface area (Å²) in [5.41, 5.74) is 1.48. The van der Waals surface area contributed by atoms with E-state index in [0.29, 0.717) is 37.9 Å². The van der Waals surface area contributed by atoms with Crippen LogP contribution in [0.3, 0.4) is 0 Å². The van der Waals surface area contributed by atoms with E-state index in [1.54, 1.807) is 29.2 Å². The Labute approximate surface area is 170 Å². The molecule has 0 radical (unpaired) electrons. The third kappa shape index (κ3) is 5.91. The van der Waals surface area contributed by atoms with Crippen LogP contribution in [0, 0.1) is 5.92 Å². The van der Waals surface area contributed by atoms with Gasteiger partial charge in [0, 0.05) is 31.5 Å². The number of amides is 2. The van der Waals surface area contributed by atoms with Gasteiger partial charge in [0.1, 0.15) is 6.04 Å². The van der Waals surface area contributed by atoms with Gasteiger partial charge in [-0.2, -0.15) is 0 Å². The third-order valence-corrected chi connectivity index (χ3v) is 5.31. The summed E-state index contributed by atoms with van der Waals surface area (Å²) in [5, 5.41) is 11.9. The lowest BCUT2D eigenvalue weighted by atomic mass is 9.93. The fourth-order valence-corrected chi connectivity index (χ4v) is 3.71. The average molecular weight is 394 g/mol. The summed E-state index contributed by atoms with van der Waals surface area (Å²) in [4.78, 5) is 38.5. The number of carboxylic acids is 1. The van der Waals surface area contributed by atoms with Gasteiger partial charge in [-0.05, 0) is 36.5 Å². The van der Waals surface area contributed by atoms with E-state index in [1.807, 2.05) is 36.4 Å². The molecule has 2 N–H and O–H groups in total. The van der Waals surface area contributed by atoms with Crippen LogP contribution < -0.4 is 5.32 Å². The van der Waals surface area contributed by atoms with E-state index in [1.165, 1.54) is 0 Å². The first-order chi connectivity index (χ1) is 14.0. The second-order valence-electron chi connectivity index (χ2n) is 7.45. The standard InChI is InChI=1S/C23H26N2O4/c26-21(27)16-18-11-13-25(14-12-18)23(29)20(15-17-7-3-1-4-8-17)24-22(28)19-9-5-2-6-10-19/h1-10,18,20H,11-16H2,(H,24,28)(H,26,27). The fraction of sp³-hybridized carbons (Fsp3) is 0.348. The molecule has 0 aliphatic carbocycles. The second kappa shape index (κ2) is 9.87. The second-order valence-corrected chi connectivity index (χ2v) is 7.45. The summed E-state index contributed by atoms with van der Waals surface area (Å²) in [6, 6.07) is 17.8. The molecule has 1 saturated heterocycles. The van der Waals surface area contributed by atoms with Crippen molar-refractivity contribution in [3.05, 3.63) is 71.8 Å². The zero-order chi connectivity index (χ0) is 20.6. The Kier molecular flexibility index (Phi) is 7.00. The van der Waals surface area contributed by atoms with Gasteiger partial charge in [0.15, 0.2) is 0 Å². The van der Waals surface area contributed by atoms with Crippen molar-refractivity contribution in [3.8, 4) is 0 Å².